The van der Waals surface area contributed by atoms with Crippen LogP contribution in [0.25, 0.3) is 5.69 Å². The van der Waals surface area contributed by atoms with Crippen molar-refractivity contribution in [2.24, 2.45) is 0 Å². The molecule has 0 aliphatic carbocycles. The quantitative estimate of drug-likeness (QED) is 0.494. The molecule has 0 radical (unpaired) electrons. The topological polar surface area (TPSA) is 94.8 Å². The lowest BCUT2D eigenvalue weighted by Crippen LogP contribution is -2.35. The summed E-state index contributed by atoms with van der Waals surface area (Å²) in [6.07, 6.45) is 2.59. The van der Waals surface area contributed by atoms with Gasteiger partial charge in [0.25, 0.3) is 5.91 Å². The van der Waals surface area contributed by atoms with E-state index < -0.39 is 6.10 Å². The highest BCUT2D eigenvalue weighted by atomic mass is 79.9. The molecule has 2 aromatic carbocycles. The van der Waals surface area contributed by atoms with Gasteiger partial charge in [0.05, 0.1) is 30.6 Å². The molecular weight excluding hydrogens is 454 g/mol. The number of methoxy groups -OCH3 is 2. The Balaban J connectivity index is 1.52. The zero-order valence-electron chi connectivity index (χ0n) is 16.5. The molecule has 1 aromatic heterocycles. The molecule has 1 amide bonds. The molecule has 2 N–H and O–H groups in total. The lowest BCUT2D eigenvalue weighted by molar-refractivity contribution is 0.0833. The fraction of sp³-hybridized carbons (Fsp3) is 0.238. The summed E-state index contributed by atoms with van der Waals surface area (Å²) in [7, 11) is 3.05. The molecule has 9 heteroatoms. The predicted octanol–water partition coefficient (Wildman–Crippen LogP) is 2.82. The second kappa shape index (κ2) is 10.1. The van der Waals surface area contributed by atoms with Gasteiger partial charge >= 0.3 is 0 Å². The molecule has 3 aromatic rings. The first-order valence-corrected chi connectivity index (χ1v) is 9.91. The van der Waals surface area contributed by atoms with E-state index in [9.17, 15) is 9.90 Å². The standard InChI is InChI=1S/C21H22BrN3O5/c1-28-18-4-3-5-19(29-2)20(18)30-13-17(26)11-23-21(27)14-6-8-16(9-7-14)25-12-15(22)10-24-25/h3-10,12,17,26H,11,13H2,1-2H3,(H,23,27). The second-order valence-electron chi connectivity index (χ2n) is 6.32. The first-order chi connectivity index (χ1) is 14.5. The van der Waals surface area contributed by atoms with Crippen molar-refractivity contribution < 1.29 is 24.1 Å². The molecule has 0 saturated heterocycles. The van der Waals surface area contributed by atoms with Gasteiger partial charge in [0.1, 0.15) is 12.7 Å². The molecule has 0 aliphatic heterocycles. The highest BCUT2D eigenvalue weighted by Gasteiger charge is 2.15. The van der Waals surface area contributed by atoms with Crippen molar-refractivity contribution in [1.29, 1.82) is 0 Å². The van der Waals surface area contributed by atoms with Gasteiger partial charge in [-0.25, -0.2) is 4.68 Å². The number of aliphatic hydroxyl groups excluding tert-OH is 1. The van der Waals surface area contributed by atoms with Crippen molar-refractivity contribution in [2.45, 2.75) is 6.10 Å². The highest BCUT2D eigenvalue weighted by molar-refractivity contribution is 9.10. The molecule has 1 heterocycles. The van der Waals surface area contributed by atoms with Crippen LogP contribution in [0.5, 0.6) is 17.2 Å². The number of carbonyl (C=O) groups excluding carboxylic acids is 1. The summed E-state index contributed by atoms with van der Waals surface area (Å²) in [6.45, 7) is -0.00567. The molecule has 1 atom stereocenters. The van der Waals surface area contributed by atoms with Crippen LogP contribution >= 0.6 is 15.9 Å². The number of aromatic nitrogens is 2. The number of benzene rings is 2. The van der Waals surface area contributed by atoms with Gasteiger partial charge in [0, 0.05) is 18.3 Å². The zero-order valence-corrected chi connectivity index (χ0v) is 18.1. The first kappa shape index (κ1) is 21.7. The van der Waals surface area contributed by atoms with Crippen molar-refractivity contribution in [3.63, 3.8) is 0 Å². The Morgan fingerprint density at radius 1 is 1.17 bits per heavy atom. The fourth-order valence-electron chi connectivity index (χ4n) is 2.72. The van der Waals surface area contributed by atoms with E-state index in [-0.39, 0.29) is 19.1 Å². The maximum Gasteiger partial charge on any atom is 0.251 e. The van der Waals surface area contributed by atoms with Crippen LogP contribution in [0.2, 0.25) is 0 Å². The van der Waals surface area contributed by atoms with Crippen LogP contribution in [-0.2, 0) is 0 Å². The number of amides is 1. The summed E-state index contributed by atoms with van der Waals surface area (Å²) < 4.78 is 18.7. The largest absolute Gasteiger partial charge is 0.493 e. The van der Waals surface area contributed by atoms with E-state index in [0.717, 1.165) is 10.2 Å². The number of ether oxygens (including phenoxy) is 3. The number of aliphatic hydroxyl groups is 1. The number of hydrogen-bond donors (Lipinski definition) is 2. The third-order valence-electron chi connectivity index (χ3n) is 4.25. The minimum absolute atomic E-state index is 0.0319. The van der Waals surface area contributed by atoms with Gasteiger partial charge in [0.2, 0.25) is 5.75 Å². The number of para-hydroxylation sites is 1. The van der Waals surface area contributed by atoms with Gasteiger partial charge in [-0.05, 0) is 52.3 Å². The Kier molecular flexibility index (Phi) is 7.31. The van der Waals surface area contributed by atoms with Crippen molar-refractivity contribution in [2.75, 3.05) is 27.4 Å². The lowest BCUT2D eigenvalue weighted by atomic mass is 10.2. The van der Waals surface area contributed by atoms with Gasteiger partial charge in [-0.3, -0.25) is 4.79 Å². The van der Waals surface area contributed by atoms with Crippen molar-refractivity contribution in [1.82, 2.24) is 15.1 Å². The van der Waals surface area contributed by atoms with E-state index in [1.165, 1.54) is 14.2 Å². The van der Waals surface area contributed by atoms with Gasteiger partial charge in [-0.1, -0.05) is 6.07 Å². The lowest BCUT2D eigenvalue weighted by Gasteiger charge is -2.17. The third-order valence-corrected chi connectivity index (χ3v) is 4.66. The maximum absolute atomic E-state index is 12.3. The van der Waals surface area contributed by atoms with E-state index >= 15 is 0 Å². The maximum atomic E-state index is 12.3. The average molecular weight is 476 g/mol. The smallest absolute Gasteiger partial charge is 0.251 e. The minimum atomic E-state index is -0.913. The van der Waals surface area contributed by atoms with Crippen LogP contribution in [-0.4, -0.2) is 54.3 Å². The van der Waals surface area contributed by atoms with Crippen molar-refractivity contribution >= 4 is 21.8 Å². The Bertz CT molecular complexity index is 968. The number of hydrogen-bond acceptors (Lipinski definition) is 6. The van der Waals surface area contributed by atoms with Crippen LogP contribution in [0.15, 0.2) is 59.3 Å². The van der Waals surface area contributed by atoms with Crippen LogP contribution in [0, 0.1) is 0 Å². The summed E-state index contributed by atoms with van der Waals surface area (Å²) >= 11 is 3.35. The molecule has 0 spiro atoms. The fourth-order valence-corrected chi connectivity index (χ4v) is 3.00. The van der Waals surface area contributed by atoms with E-state index in [4.69, 9.17) is 14.2 Å². The average Bonchev–Trinajstić information content (AvgIpc) is 3.22. The van der Waals surface area contributed by atoms with Crippen molar-refractivity contribution in [3.8, 4) is 22.9 Å². The Hall–Kier alpha value is -3.04. The van der Waals surface area contributed by atoms with Gasteiger partial charge in [-0.2, -0.15) is 5.10 Å². The number of rotatable bonds is 9. The number of nitrogens with one attached hydrogen (secondary N) is 1. The van der Waals surface area contributed by atoms with Crippen LogP contribution < -0.4 is 19.5 Å². The first-order valence-electron chi connectivity index (χ1n) is 9.12. The van der Waals surface area contributed by atoms with Gasteiger partial charge in [-0.15, -0.1) is 0 Å². The monoisotopic (exact) mass is 475 g/mol. The van der Waals surface area contributed by atoms with Gasteiger partial charge < -0.3 is 24.6 Å². The molecule has 8 nitrogen and oxygen atoms in total. The summed E-state index contributed by atoms with van der Waals surface area (Å²) in [6, 6.07) is 12.2. The van der Waals surface area contributed by atoms with Crippen LogP contribution in [0.3, 0.4) is 0 Å². The molecule has 158 valence electrons. The Labute approximate surface area is 182 Å². The van der Waals surface area contributed by atoms with E-state index in [1.807, 2.05) is 6.20 Å². The van der Waals surface area contributed by atoms with Gasteiger partial charge in [0.15, 0.2) is 11.5 Å². The minimum Gasteiger partial charge on any atom is -0.493 e. The summed E-state index contributed by atoms with van der Waals surface area (Å²) in [5.41, 5.74) is 1.31. The van der Waals surface area contributed by atoms with E-state index in [1.54, 1.807) is 53.3 Å². The number of halogens is 1. The molecular formula is C21H22BrN3O5. The number of carbonyl (C=O) groups is 1. The molecule has 3 rings (SSSR count). The molecule has 30 heavy (non-hydrogen) atoms. The van der Waals surface area contributed by atoms with E-state index in [2.05, 4.69) is 26.3 Å². The molecule has 0 bridgehead atoms. The summed E-state index contributed by atoms with van der Waals surface area (Å²) in [5, 5.41) is 17.1. The Morgan fingerprint density at radius 3 is 2.40 bits per heavy atom. The number of nitrogens with zero attached hydrogens (tertiary/aromatic N) is 2. The highest BCUT2D eigenvalue weighted by Crippen LogP contribution is 2.36. The molecule has 0 fully saturated rings. The SMILES string of the molecule is COc1cccc(OC)c1OCC(O)CNC(=O)c1ccc(-n2cc(Br)cn2)cc1. The third kappa shape index (κ3) is 5.31. The molecule has 0 aliphatic rings. The van der Waals surface area contributed by atoms with Crippen LogP contribution in [0.4, 0.5) is 0 Å². The molecule has 1 unspecified atom stereocenters. The van der Waals surface area contributed by atoms with Crippen LogP contribution in [0.1, 0.15) is 10.4 Å². The van der Waals surface area contributed by atoms with Crippen molar-refractivity contribution in [3.05, 3.63) is 64.9 Å². The Morgan fingerprint density at radius 2 is 1.83 bits per heavy atom. The normalized spacial score (nSPS) is 11.6. The predicted molar refractivity (Wildman–Crippen MR) is 115 cm³/mol. The summed E-state index contributed by atoms with van der Waals surface area (Å²) in [5.74, 6) is 1.09. The summed E-state index contributed by atoms with van der Waals surface area (Å²) in [4.78, 5) is 12.3. The van der Waals surface area contributed by atoms with E-state index in [0.29, 0.717) is 22.8 Å². The molecule has 0 saturated carbocycles. The zero-order chi connectivity index (χ0) is 21.5. The second-order valence-corrected chi connectivity index (χ2v) is 7.23.